The molecule has 0 aromatic heterocycles. The van der Waals surface area contributed by atoms with Crippen LogP contribution in [0.5, 0.6) is 46.0 Å². The van der Waals surface area contributed by atoms with E-state index in [4.69, 9.17) is 14.2 Å². The minimum absolute atomic E-state index is 0.0516. The monoisotopic (exact) mass is 530 g/mol. The predicted octanol–water partition coefficient (Wildman–Crippen LogP) is 4.53. The average molecular weight is 531 g/mol. The van der Waals surface area contributed by atoms with Crippen molar-refractivity contribution >= 4 is 0 Å². The lowest BCUT2D eigenvalue weighted by Gasteiger charge is -2.32. The summed E-state index contributed by atoms with van der Waals surface area (Å²) in [6.45, 7) is 0. The first-order valence-corrected chi connectivity index (χ1v) is 12.3. The summed E-state index contributed by atoms with van der Waals surface area (Å²) < 4.78 is 17.8. The van der Waals surface area contributed by atoms with Crippen LogP contribution in [-0.4, -0.2) is 43.9 Å². The Morgan fingerprint density at radius 3 is 2.05 bits per heavy atom. The smallest absolute Gasteiger partial charge is 0.160 e. The van der Waals surface area contributed by atoms with Crippen molar-refractivity contribution in [3.63, 3.8) is 0 Å². The minimum Gasteiger partial charge on any atom is -0.508 e. The molecular formula is C30H26O9. The molecule has 200 valence electrons. The Bertz CT molecular complexity index is 1540. The Morgan fingerprint density at radius 2 is 1.36 bits per heavy atom. The van der Waals surface area contributed by atoms with Crippen LogP contribution in [0.4, 0.5) is 0 Å². The van der Waals surface area contributed by atoms with Crippen LogP contribution < -0.4 is 14.2 Å². The van der Waals surface area contributed by atoms with Crippen molar-refractivity contribution in [2.45, 2.75) is 30.7 Å². The van der Waals surface area contributed by atoms with Gasteiger partial charge in [-0.1, -0.05) is 18.2 Å². The van der Waals surface area contributed by atoms with Crippen molar-refractivity contribution in [3.05, 3.63) is 94.5 Å². The molecule has 4 aromatic carbocycles. The van der Waals surface area contributed by atoms with Crippen LogP contribution in [0.15, 0.2) is 66.7 Å². The summed E-state index contributed by atoms with van der Waals surface area (Å²) in [5, 5.41) is 62.7. The van der Waals surface area contributed by atoms with E-state index in [1.165, 1.54) is 43.5 Å². The van der Waals surface area contributed by atoms with Gasteiger partial charge in [0.25, 0.3) is 0 Å². The molecular weight excluding hydrogens is 504 g/mol. The fraction of sp³-hybridized carbons (Fsp3) is 0.200. The third-order valence-corrected chi connectivity index (χ3v) is 7.29. The Balaban J connectivity index is 1.48. The molecule has 0 saturated heterocycles. The fourth-order valence-electron chi connectivity index (χ4n) is 5.49. The largest absolute Gasteiger partial charge is 0.508 e. The maximum Gasteiger partial charge on any atom is 0.160 e. The molecule has 6 N–H and O–H groups in total. The molecule has 2 aliphatic heterocycles. The highest BCUT2D eigenvalue weighted by atomic mass is 16.5. The van der Waals surface area contributed by atoms with Crippen molar-refractivity contribution in [2.24, 2.45) is 0 Å². The summed E-state index contributed by atoms with van der Waals surface area (Å²) in [6.07, 6.45) is -2.35. The maximum absolute atomic E-state index is 11.6. The van der Waals surface area contributed by atoms with Gasteiger partial charge in [0, 0.05) is 29.7 Å². The summed E-state index contributed by atoms with van der Waals surface area (Å²) in [5.41, 5.74) is 2.58. The van der Waals surface area contributed by atoms with E-state index >= 15 is 0 Å². The highest BCUT2D eigenvalue weighted by molar-refractivity contribution is 5.64. The van der Waals surface area contributed by atoms with E-state index in [9.17, 15) is 30.6 Å². The van der Waals surface area contributed by atoms with Crippen molar-refractivity contribution in [1.29, 1.82) is 0 Å². The molecule has 4 aromatic rings. The van der Waals surface area contributed by atoms with E-state index in [0.717, 1.165) is 0 Å². The molecule has 4 atom stereocenters. The second kappa shape index (κ2) is 9.21. The maximum atomic E-state index is 11.6. The summed E-state index contributed by atoms with van der Waals surface area (Å²) in [7, 11) is 1.43. The third-order valence-electron chi connectivity index (χ3n) is 7.29. The number of aromatic hydroxyl groups is 5. The number of aliphatic hydroxyl groups excluding tert-OH is 1. The normalized spacial score (nSPS) is 21.4. The molecule has 0 amide bonds. The van der Waals surface area contributed by atoms with E-state index in [2.05, 4.69) is 0 Å². The van der Waals surface area contributed by atoms with Crippen LogP contribution in [-0.2, 0) is 6.42 Å². The standard InChI is InChI=1S/C30H26O9/c1-37-24-10-15(4-7-21(24)34)30-26(16-8-18(32)11-19(33)9-16)27-25(39-30)13-23-20(28(27)36)12-22(35)29(38-23)14-2-5-17(31)6-3-14/h2-11,13,22,26,29-36H,12H2,1H3/t22-,26?,29+,30?/m0/s1. The Morgan fingerprint density at radius 1 is 0.692 bits per heavy atom. The van der Waals surface area contributed by atoms with Gasteiger partial charge in [0.15, 0.2) is 11.5 Å². The lowest BCUT2D eigenvalue weighted by atomic mass is 9.82. The molecule has 2 unspecified atom stereocenters. The average Bonchev–Trinajstić information content (AvgIpc) is 3.29. The molecule has 0 aliphatic carbocycles. The van der Waals surface area contributed by atoms with E-state index in [1.54, 1.807) is 30.3 Å². The van der Waals surface area contributed by atoms with Crippen LogP contribution in [0.3, 0.4) is 0 Å². The molecule has 0 bridgehead atoms. The zero-order valence-electron chi connectivity index (χ0n) is 20.8. The topological polar surface area (TPSA) is 149 Å². The van der Waals surface area contributed by atoms with E-state index in [-0.39, 0.29) is 40.9 Å². The number of methoxy groups -OCH3 is 1. The summed E-state index contributed by atoms with van der Waals surface area (Å²) in [6, 6.07) is 17.0. The van der Waals surface area contributed by atoms with Crippen LogP contribution in [0.2, 0.25) is 0 Å². The van der Waals surface area contributed by atoms with Crippen LogP contribution in [0.25, 0.3) is 0 Å². The van der Waals surface area contributed by atoms with E-state index in [1.807, 2.05) is 0 Å². The molecule has 2 heterocycles. The molecule has 0 fully saturated rings. The quantitative estimate of drug-likeness (QED) is 0.224. The molecule has 0 saturated carbocycles. The van der Waals surface area contributed by atoms with E-state index < -0.39 is 24.2 Å². The lowest BCUT2D eigenvalue weighted by Crippen LogP contribution is -2.30. The molecule has 2 aliphatic rings. The van der Waals surface area contributed by atoms with Gasteiger partial charge in [-0.25, -0.2) is 0 Å². The number of fused-ring (bicyclic) bond motifs is 2. The number of ether oxygens (including phenoxy) is 3. The van der Waals surface area contributed by atoms with Crippen LogP contribution in [0.1, 0.15) is 45.9 Å². The van der Waals surface area contributed by atoms with Gasteiger partial charge in [0.05, 0.1) is 19.1 Å². The summed E-state index contributed by atoms with van der Waals surface area (Å²) in [5.74, 6) is -0.166. The first-order valence-electron chi connectivity index (χ1n) is 12.3. The van der Waals surface area contributed by atoms with Gasteiger partial charge in [-0.05, 0) is 53.1 Å². The molecule has 39 heavy (non-hydrogen) atoms. The van der Waals surface area contributed by atoms with Crippen LogP contribution in [0, 0.1) is 0 Å². The second-order valence-electron chi connectivity index (χ2n) is 9.75. The Hall–Kier alpha value is -4.76. The van der Waals surface area contributed by atoms with Crippen molar-refractivity contribution < 1.29 is 44.8 Å². The number of rotatable bonds is 4. The third kappa shape index (κ3) is 4.17. The van der Waals surface area contributed by atoms with Gasteiger partial charge in [-0.3, -0.25) is 0 Å². The number of phenolic OH excluding ortho intramolecular Hbond substituents is 5. The van der Waals surface area contributed by atoms with Gasteiger partial charge in [0.1, 0.15) is 46.7 Å². The number of hydrogen-bond donors (Lipinski definition) is 6. The van der Waals surface area contributed by atoms with Gasteiger partial charge >= 0.3 is 0 Å². The molecule has 0 spiro atoms. The first-order chi connectivity index (χ1) is 18.7. The van der Waals surface area contributed by atoms with Gasteiger partial charge < -0.3 is 44.8 Å². The Labute approximate surface area is 223 Å². The summed E-state index contributed by atoms with van der Waals surface area (Å²) in [4.78, 5) is 0. The first kappa shape index (κ1) is 24.6. The fourth-order valence-corrected chi connectivity index (χ4v) is 5.49. The van der Waals surface area contributed by atoms with Gasteiger partial charge in [-0.15, -0.1) is 0 Å². The van der Waals surface area contributed by atoms with E-state index in [0.29, 0.717) is 39.3 Å². The second-order valence-corrected chi connectivity index (χ2v) is 9.75. The van der Waals surface area contributed by atoms with Crippen LogP contribution >= 0.6 is 0 Å². The number of phenols is 5. The summed E-state index contributed by atoms with van der Waals surface area (Å²) >= 11 is 0. The van der Waals surface area contributed by atoms with Crippen molar-refractivity contribution in [2.75, 3.05) is 7.11 Å². The number of hydrogen-bond acceptors (Lipinski definition) is 9. The lowest BCUT2D eigenvalue weighted by molar-refractivity contribution is 0.0197. The zero-order valence-corrected chi connectivity index (χ0v) is 20.8. The number of aliphatic hydroxyl groups is 1. The van der Waals surface area contributed by atoms with Gasteiger partial charge in [0.2, 0.25) is 0 Å². The van der Waals surface area contributed by atoms with Crippen molar-refractivity contribution in [3.8, 4) is 46.0 Å². The molecule has 9 heteroatoms. The number of benzene rings is 4. The predicted molar refractivity (Wildman–Crippen MR) is 139 cm³/mol. The highest BCUT2D eigenvalue weighted by Gasteiger charge is 2.43. The molecule has 9 nitrogen and oxygen atoms in total. The Kier molecular flexibility index (Phi) is 5.80. The molecule has 6 rings (SSSR count). The SMILES string of the molecule is COc1cc(C2Oc3cc4c(c(O)c3C2c2cc(O)cc(O)c2)C[C@H](O)[C@@H](c2ccc(O)cc2)O4)ccc1O. The highest BCUT2D eigenvalue weighted by Crippen LogP contribution is 2.58. The van der Waals surface area contributed by atoms with Gasteiger partial charge in [-0.2, -0.15) is 0 Å². The molecule has 0 radical (unpaired) electrons. The minimum atomic E-state index is -0.978. The zero-order chi connectivity index (χ0) is 27.4. The van der Waals surface area contributed by atoms with Crippen molar-refractivity contribution in [1.82, 2.24) is 0 Å².